The molecule has 2 saturated heterocycles. The fourth-order valence-corrected chi connectivity index (χ4v) is 3.94. The first-order chi connectivity index (χ1) is 8.40. The van der Waals surface area contributed by atoms with Crippen LogP contribution in [0.3, 0.4) is 0 Å². The zero-order chi connectivity index (χ0) is 11.2. The standard InChI is InChI=1S/C15H20N2/c1-2-4-15-11(3-1)5-12(15)8-17-9-13-6-16-7-14(13)10-17/h1-4,12-14,16H,5-10H2. The van der Waals surface area contributed by atoms with Crippen LogP contribution in [0, 0.1) is 11.8 Å². The summed E-state index contributed by atoms with van der Waals surface area (Å²) in [6, 6.07) is 8.96. The predicted octanol–water partition coefficient (Wildman–Crippen LogP) is 1.48. The van der Waals surface area contributed by atoms with Crippen molar-refractivity contribution in [3.8, 4) is 0 Å². The Morgan fingerprint density at radius 3 is 2.65 bits per heavy atom. The molecule has 2 heteroatoms. The van der Waals surface area contributed by atoms with Gasteiger partial charge >= 0.3 is 0 Å². The predicted molar refractivity (Wildman–Crippen MR) is 69.2 cm³/mol. The summed E-state index contributed by atoms with van der Waals surface area (Å²) < 4.78 is 0. The number of hydrogen-bond donors (Lipinski definition) is 1. The molecule has 3 atom stereocenters. The number of fused-ring (bicyclic) bond motifs is 2. The Morgan fingerprint density at radius 2 is 1.88 bits per heavy atom. The van der Waals surface area contributed by atoms with Gasteiger partial charge in [-0.15, -0.1) is 0 Å². The summed E-state index contributed by atoms with van der Waals surface area (Å²) in [5, 5.41) is 3.52. The van der Waals surface area contributed by atoms with E-state index in [-0.39, 0.29) is 0 Å². The first-order valence-electron chi connectivity index (χ1n) is 6.91. The van der Waals surface area contributed by atoms with E-state index in [4.69, 9.17) is 0 Å². The Bertz CT molecular complexity index is 417. The molecule has 3 aliphatic rings. The highest BCUT2D eigenvalue weighted by Gasteiger charge is 2.38. The fourth-order valence-electron chi connectivity index (χ4n) is 3.94. The van der Waals surface area contributed by atoms with Crippen molar-refractivity contribution in [1.82, 2.24) is 10.2 Å². The molecule has 0 bridgehead atoms. The zero-order valence-corrected chi connectivity index (χ0v) is 10.2. The molecule has 0 amide bonds. The minimum atomic E-state index is 0.818. The van der Waals surface area contributed by atoms with Crippen molar-refractivity contribution in [2.24, 2.45) is 11.8 Å². The van der Waals surface area contributed by atoms with Crippen molar-refractivity contribution in [2.45, 2.75) is 12.3 Å². The molecule has 4 rings (SSSR count). The van der Waals surface area contributed by atoms with Gasteiger partial charge in [-0.3, -0.25) is 0 Å². The second-order valence-corrected chi connectivity index (χ2v) is 6.00. The third-order valence-electron chi connectivity index (χ3n) is 4.90. The molecule has 0 spiro atoms. The van der Waals surface area contributed by atoms with Crippen molar-refractivity contribution in [3.05, 3.63) is 35.4 Å². The maximum Gasteiger partial charge on any atom is 0.00538 e. The van der Waals surface area contributed by atoms with Crippen LogP contribution in [0.5, 0.6) is 0 Å². The van der Waals surface area contributed by atoms with E-state index >= 15 is 0 Å². The lowest BCUT2D eigenvalue weighted by molar-refractivity contribution is 0.281. The molecular formula is C15H20N2. The Balaban J connectivity index is 1.41. The van der Waals surface area contributed by atoms with E-state index in [1.807, 2.05) is 0 Å². The highest BCUT2D eigenvalue weighted by Crippen LogP contribution is 2.37. The molecule has 1 aliphatic carbocycles. The van der Waals surface area contributed by atoms with E-state index in [9.17, 15) is 0 Å². The highest BCUT2D eigenvalue weighted by molar-refractivity contribution is 5.40. The minimum Gasteiger partial charge on any atom is -0.316 e. The van der Waals surface area contributed by atoms with Crippen LogP contribution in [0.25, 0.3) is 0 Å². The number of hydrogen-bond acceptors (Lipinski definition) is 2. The van der Waals surface area contributed by atoms with Gasteiger partial charge in [0.2, 0.25) is 0 Å². The molecule has 90 valence electrons. The van der Waals surface area contributed by atoms with Gasteiger partial charge in [0.15, 0.2) is 0 Å². The fraction of sp³-hybridized carbons (Fsp3) is 0.600. The van der Waals surface area contributed by atoms with Gasteiger partial charge < -0.3 is 10.2 Å². The highest BCUT2D eigenvalue weighted by atomic mass is 15.2. The van der Waals surface area contributed by atoms with Crippen LogP contribution in [0.1, 0.15) is 17.0 Å². The lowest BCUT2D eigenvalue weighted by atomic mass is 9.77. The lowest BCUT2D eigenvalue weighted by Crippen LogP contribution is -2.33. The quantitative estimate of drug-likeness (QED) is 0.825. The second-order valence-electron chi connectivity index (χ2n) is 6.00. The first kappa shape index (κ1) is 10.1. The number of nitrogens with one attached hydrogen (secondary N) is 1. The van der Waals surface area contributed by atoms with Crippen LogP contribution in [0.2, 0.25) is 0 Å². The maximum atomic E-state index is 3.52. The largest absolute Gasteiger partial charge is 0.316 e. The molecule has 1 aromatic carbocycles. The van der Waals surface area contributed by atoms with E-state index in [0.717, 1.165) is 17.8 Å². The third-order valence-corrected chi connectivity index (χ3v) is 4.90. The van der Waals surface area contributed by atoms with Crippen molar-refractivity contribution in [2.75, 3.05) is 32.7 Å². The van der Waals surface area contributed by atoms with E-state index in [0.29, 0.717) is 0 Å². The van der Waals surface area contributed by atoms with Crippen LogP contribution >= 0.6 is 0 Å². The topological polar surface area (TPSA) is 15.3 Å². The SMILES string of the molecule is c1ccc2c(c1)CC2CN1CC2CNCC2C1. The third kappa shape index (κ3) is 1.62. The monoisotopic (exact) mass is 228 g/mol. The summed E-state index contributed by atoms with van der Waals surface area (Å²) in [5.41, 5.74) is 3.20. The molecule has 2 heterocycles. The van der Waals surface area contributed by atoms with Crippen molar-refractivity contribution in [3.63, 3.8) is 0 Å². The van der Waals surface area contributed by atoms with Gasteiger partial charge in [0.05, 0.1) is 0 Å². The number of benzene rings is 1. The summed E-state index contributed by atoms with van der Waals surface area (Å²) in [6.07, 6.45) is 1.31. The Hall–Kier alpha value is -0.860. The molecule has 17 heavy (non-hydrogen) atoms. The summed E-state index contributed by atoms with van der Waals surface area (Å²) in [4.78, 5) is 2.71. The molecule has 2 aliphatic heterocycles. The molecule has 2 nitrogen and oxygen atoms in total. The van der Waals surface area contributed by atoms with Crippen molar-refractivity contribution >= 4 is 0 Å². The molecule has 3 unspecified atom stereocenters. The van der Waals surface area contributed by atoms with Gasteiger partial charge in [0, 0.05) is 25.6 Å². The Labute approximate surface area is 103 Å². The normalized spacial score (nSPS) is 35.4. The number of rotatable bonds is 2. The minimum absolute atomic E-state index is 0.818. The number of nitrogens with zero attached hydrogens (tertiary/aromatic N) is 1. The van der Waals surface area contributed by atoms with Gasteiger partial charge in [-0.25, -0.2) is 0 Å². The van der Waals surface area contributed by atoms with Crippen molar-refractivity contribution in [1.29, 1.82) is 0 Å². The van der Waals surface area contributed by atoms with Crippen LogP contribution in [-0.2, 0) is 6.42 Å². The summed E-state index contributed by atoms with van der Waals surface area (Å²) in [5.74, 6) is 2.69. The van der Waals surface area contributed by atoms with E-state index in [1.54, 1.807) is 11.1 Å². The Kier molecular flexibility index (Phi) is 2.27. The van der Waals surface area contributed by atoms with Gasteiger partial charge in [-0.1, -0.05) is 24.3 Å². The Morgan fingerprint density at radius 1 is 1.12 bits per heavy atom. The number of likely N-dealkylation sites (tertiary alicyclic amines) is 1. The van der Waals surface area contributed by atoms with Crippen LogP contribution in [0.15, 0.2) is 24.3 Å². The maximum absolute atomic E-state index is 3.52. The smallest absolute Gasteiger partial charge is 0.00538 e. The molecular weight excluding hydrogens is 208 g/mol. The molecule has 0 aromatic heterocycles. The molecule has 1 N–H and O–H groups in total. The molecule has 0 radical (unpaired) electrons. The van der Waals surface area contributed by atoms with E-state index in [2.05, 4.69) is 34.5 Å². The summed E-state index contributed by atoms with van der Waals surface area (Å²) in [7, 11) is 0. The van der Waals surface area contributed by atoms with Gasteiger partial charge in [-0.2, -0.15) is 0 Å². The average molecular weight is 228 g/mol. The van der Waals surface area contributed by atoms with E-state index < -0.39 is 0 Å². The molecule has 2 fully saturated rings. The summed E-state index contributed by atoms with van der Waals surface area (Å²) in [6.45, 7) is 6.46. The second kappa shape index (κ2) is 3.82. The molecule has 1 aromatic rings. The van der Waals surface area contributed by atoms with Gasteiger partial charge in [0.1, 0.15) is 0 Å². The van der Waals surface area contributed by atoms with Gasteiger partial charge in [-0.05, 0) is 42.5 Å². The van der Waals surface area contributed by atoms with Gasteiger partial charge in [0.25, 0.3) is 0 Å². The zero-order valence-electron chi connectivity index (χ0n) is 10.2. The van der Waals surface area contributed by atoms with Crippen molar-refractivity contribution < 1.29 is 0 Å². The lowest BCUT2D eigenvalue weighted by Gasteiger charge is -2.33. The first-order valence-corrected chi connectivity index (χ1v) is 6.91. The van der Waals surface area contributed by atoms with E-state index in [1.165, 1.54) is 39.1 Å². The summed E-state index contributed by atoms with van der Waals surface area (Å²) >= 11 is 0. The van der Waals surface area contributed by atoms with Crippen LogP contribution < -0.4 is 5.32 Å². The average Bonchev–Trinajstić information content (AvgIpc) is 2.86. The van der Waals surface area contributed by atoms with Crippen LogP contribution in [0.4, 0.5) is 0 Å². The van der Waals surface area contributed by atoms with Crippen LogP contribution in [-0.4, -0.2) is 37.6 Å². The molecule has 0 saturated carbocycles.